The van der Waals surface area contributed by atoms with Crippen LogP contribution < -0.4 is 9.47 Å². The van der Waals surface area contributed by atoms with Gasteiger partial charge in [0.2, 0.25) is 0 Å². The highest BCUT2D eigenvalue weighted by Gasteiger charge is 2.07. The van der Waals surface area contributed by atoms with Crippen LogP contribution in [0.15, 0.2) is 48.5 Å². The minimum atomic E-state index is 0.428. The molecular weight excluding hydrogens is 280 g/mol. The molecule has 0 spiro atoms. The number of benzene rings is 2. The molecule has 2 rings (SSSR count). The van der Waals surface area contributed by atoms with Crippen LogP contribution in [-0.2, 0) is 11.3 Å². The van der Waals surface area contributed by atoms with E-state index in [2.05, 4.69) is 0 Å². The van der Waals surface area contributed by atoms with Gasteiger partial charge in [-0.05, 0) is 23.8 Å². The minimum absolute atomic E-state index is 0.428. The van der Waals surface area contributed by atoms with Gasteiger partial charge >= 0.3 is 0 Å². The minimum Gasteiger partial charge on any atom is -0.490 e. The molecule has 0 saturated carbocycles. The topological polar surface area (TPSA) is 44.8 Å². The lowest BCUT2D eigenvalue weighted by Gasteiger charge is -2.13. The van der Waals surface area contributed by atoms with Gasteiger partial charge in [-0.15, -0.1) is 0 Å². The van der Waals surface area contributed by atoms with Crippen LogP contribution >= 0.6 is 0 Å². The second kappa shape index (κ2) is 8.85. The molecule has 4 nitrogen and oxygen atoms in total. The van der Waals surface area contributed by atoms with Crippen LogP contribution in [0.2, 0.25) is 0 Å². The summed E-state index contributed by atoms with van der Waals surface area (Å²) in [5, 5.41) is 0. The van der Waals surface area contributed by atoms with Gasteiger partial charge in [0, 0.05) is 25.7 Å². The second-order valence-corrected chi connectivity index (χ2v) is 4.79. The number of carbonyl (C=O) groups excluding carboxylic acids is 1. The Bertz CT molecular complexity index is 581. The van der Waals surface area contributed by atoms with Gasteiger partial charge in [-0.2, -0.15) is 0 Å². The van der Waals surface area contributed by atoms with E-state index in [0.29, 0.717) is 36.9 Å². The zero-order valence-corrected chi connectivity index (χ0v) is 12.7. The van der Waals surface area contributed by atoms with E-state index in [1.165, 1.54) is 0 Å². The molecule has 0 heterocycles. The van der Waals surface area contributed by atoms with Crippen molar-refractivity contribution in [2.75, 3.05) is 20.3 Å². The van der Waals surface area contributed by atoms with E-state index in [9.17, 15) is 4.79 Å². The fourth-order valence-corrected chi connectivity index (χ4v) is 1.95. The molecule has 0 aliphatic carbocycles. The van der Waals surface area contributed by atoms with Crippen molar-refractivity contribution in [1.29, 1.82) is 0 Å². The highest BCUT2D eigenvalue weighted by atomic mass is 16.5. The molecule has 2 aromatic rings. The molecule has 0 fully saturated rings. The average Bonchev–Trinajstić information content (AvgIpc) is 2.58. The zero-order chi connectivity index (χ0) is 15.6. The lowest BCUT2D eigenvalue weighted by molar-refractivity contribution is 0.112. The van der Waals surface area contributed by atoms with E-state index in [1.54, 1.807) is 25.3 Å². The van der Waals surface area contributed by atoms with Crippen LogP contribution in [0.5, 0.6) is 11.5 Å². The maximum Gasteiger partial charge on any atom is 0.162 e. The lowest BCUT2D eigenvalue weighted by atomic mass is 10.2. The number of hydrogen-bond donors (Lipinski definition) is 0. The fraction of sp³-hybridized carbons (Fsp3) is 0.278. The van der Waals surface area contributed by atoms with Crippen molar-refractivity contribution in [2.24, 2.45) is 0 Å². The molecule has 0 N–H and O–H groups in total. The van der Waals surface area contributed by atoms with Gasteiger partial charge in [0.05, 0.1) is 6.61 Å². The summed E-state index contributed by atoms with van der Waals surface area (Å²) in [5.74, 6) is 1.21. The van der Waals surface area contributed by atoms with Crippen molar-refractivity contribution in [3.8, 4) is 11.5 Å². The van der Waals surface area contributed by atoms with Gasteiger partial charge in [-0.25, -0.2) is 0 Å². The van der Waals surface area contributed by atoms with Crippen molar-refractivity contribution in [3.63, 3.8) is 0 Å². The van der Waals surface area contributed by atoms with Gasteiger partial charge in [0.15, 0.2) is 11.5 Å². The number of ether oxygens (including phenoxy) is 3. The summed E-state index contributed by atoms with van der Waals surface area (Å²) in [6.07, 6.45) is 1.59. The Morgan fingerprint density at radius 3 is 2.50 bits per heavy atom. The quantitative estimate of drug-likeness (QED) is 0.525. The number of methoxy groups -OCH3 is 1. The van der Waals surface area contributed by atoms with Crippen LogP contribution in [-0.4, -0.2) is 26.6 Å². The first-order chi connectivity index (χ1) is 10.8. The highest BCUT2D eigenvalue weighted by Crippen LogP contribution is 2.29. The van der Waals surface area contributed by atoms with Crippen LogP contribution in [0.25, 0.3) is 0 Å². The lowest BCUT2D eigenvalue weighted by Crippen LogP contribution is -2.04. The van der Waals surface area contributed by atoms with Crippen molar-refractivity contribution >= 4 is 6.29 Å². The van der Waals surface area contributed by atoms with Gasteiger partial charge < -0.3 is 14.2 Å². The van der Waals surface area contributed by atoms with Crippen molar-refractivity contribution < 1.29 is 19.0 Å². The summed E-state index contributed by atoms with van der Waals surface area (Å²) < 4.78 is 16.5. The van der Waals surface area contributed by atoms with Crippen molar-refractivity contribution in [3.05, 3.63) is 59.7 Å². The number of aldehydes is 1. The van der Waals surface area contributed by atoms with E-state index in [0.717, 1.165) is 18.3 Å². The summed E-state index contributed by atoms with van der Waals surface area (Å²) in [7, 11) is 1.66. The Labute approximate surface area is 130 Å². The summed E-state index contributed by atoms with van der Waals surface area (Å²) >= 11 is 0. The number of hydrogen-bond acceptors (Lipinski definition) is 4. The molecule has 0 atom stereocenters. The molecule has 0 unspecified atom stereocenters. The highest BCUT2D eigenvalue weighted by molar-refractivity contribution is 5.76. The predicted octanol–water partition coefficient (Wildman–Crippen LogP) is 3.49. The van der Waals surface area contributed by atoms with Gasteiger partial charge in [0.25, 0.3) is 0 Å². The van der Waals surface area contributed by atoms with Crippen molar-refractivity contribution in [2.45, 2.75) is 13.0 Å². The molecule has 0 bridgehead atoms. The molecule has 0 aromatic heterocycles. The zero-order valence-electron chi connectivity index (χ0n) is 12.7. The molecular formula is C18H20O4. The van der Waals surface area contributed by atoms with E-state index >= 15 is 0 Å². The SMILES string of the molecule is COCCCOc1ccc(C=O)cc1OCc1ccccc1. The van der Waals surface area contributed by atoms with Crippen LogP contribution in [0.3, 0.4) is 0 Å². The molecule has 0 amide bonds. The summed E-state index contributed by atoms with van der Waals surface area (Å²) in [6.45, 7) is 1.61. The first-order valence-electron chi connectivity index (χ1n) is 7.21. The summed E-state index contributed by atoms with van der Waals surface area (Å²) in [6, 6.07) is 15.0. The van der Waals surface area contributed by atoms with E-state index in [4.69, 9.17) is 14.2 Å². The predicted molar refractivity (Wildman–Crippen MR) is 84.6 cm³/mol. The average molecular weight is 300 g/mol. The van der Waals surface area contributed by atoms with Gasteiger partial charge in [-0.1, -0.05) is 30.3 Å². The van der Waals surface area contributed by atoms with E-state index in [-0.39, 0.29) is 0 Å². The van der Waals surface area contributed by atoms with Gasteiger partial charge in [-0.3, -0.25) is 4.79 Å². The molecule has 0 saturated heterocycles. The van der Waals surface area contributed by atoms with Crippen LogP contribution in [0.1, 0.15) is 22.3 Å². The standard InChI is InChI=1S/C18H20O4/c1-20-10-5-11-21-17-9-8-16(13-19)12-18(17)22-14-15-6-3-2-4-7-15/h2-4,6-9,12-13H,5,10-11,14H2,1H3. The molecule has 0 aliphatic rings. The Hall–Kier alpha value is -2.33. The summed E-state index contributed by atoms with van der Waals surface area (Å²) in [5.41, 5.74) is 1.62. The Balaban J connectivity index is 2.03. The Morgan fingerprint density at radius 1 is 0.955 bits per heavy atom. The fourth-order valence-electron chi connectivity index (χ4n) is 1.95. The molecule has 0 radical (unpaired) electrons. The van der Waals surface area contributed by atoms with E-state index in [1.807, 2.05) is 30.3 Å². The third-order valence-electron chi connectivity index (χ3n) is 3.09. The van der Waals surface area contributed by atoms with Crippen LogP contribution in [0, 0.1) is 0 Å². The Kier molecular flexibility index (Phi) is 6.45. The van der Waals surface area contributed by atoms with Gasteiger partial charge in [0.1, 0.15) is 12.9 Å². The molecule has 0 aliphatic heterocycles. The maximum atomic E-state index is 10.9. The monoisotopic (exact) mass is 300 g/mol. The molecule has 4 heteroatoms. The molecule has 22 heavy (non-hydrogen) atoms. The van der Waals surface area contributed by atoms with Crippen molar-refractivity contribution in [1.82, 2.24) is 0 Å². The first kappa shape index (κ1) is 16.0. The normalized spacial score (nSPS) is 10.2. The Morgan fingerprint density at radius 2 is 1.77 bits per heavy atom. The number of carbonyl (C=O) groups is 1. The smallest absolute Gasteiger partial charge is 0.162 e. The third-order valence-corrected chi connectivity index (χ3v) is 3.09. The van der Waals surface area contributed by atoms with Crippen LogP contribution in [0.4, 0.5) is 0 Å². The molecule has 2 aromatic carbocycles. The maximum absolute atomic E-state index is 10.9. The first-order valence-corrected chi connectivity index (χ1v) is 7.21. The number of rotatable bonds is 9. The second-order valence-electron chi connectivity index (χ2n) is 4.79. The molecule has 116 valence electrons. The third kappa shape index (κ3) is 4.90. The summed E-state index contributed by atoms with van der Waals surface area (Å²) in [4.78, 5) is 10.9. The largest absolute Gasteiger partial charge is 0.490 e. The van der Waals surface area contributed by atoms with E-state index < -0.39 is 0 Å².